The summed E-state index contributed by atoms with van der Waals surface area (Å²) in [5, 5.41) is 9.83. The van der Waals surface area contributed by atoms with Gasteiger partial charge in [0.15, 0.2) is 0 Å². The van der Waals surface area contributed by atoms with Crippen LogP contribution in [0.4, 0.5) is 0 Å². The summed E-state index contributed by atoms with van der Waals surface area (Å²) in [5.41, 5.74) is 0.916. The number of aliphatic hydroxyl groups is 1. The lowest BCUT2D eigenvalue weighted by molar-refractivity contribution is 0.278. The average molecular weight is 169 g/mol. The monoisotopic (exact) mass is 169 g/mol. The molecule has 1 rings (SSSR count). The normalized spacial score (nSPS) is 10.0. The maximum Gasteiger partial charge on any atom is 0.101 e. The summed E-state index contributed by atoms with van der Waals surface area (Å²) in [6.45, 7) is 2.15. The minimum atomic E-state index is 0.0795. The number of rotatable bonds is 3. The number of hydrogen-bond donors (Lipinski definition) is 1. The first kappa shape index (κ1) is 8.56. The molecule has 0 saturated carbocycles. The molecule has 11 heavy (non-hydrogen) atoms. The number of thioether (sulfide) groups is 1. The molecule has 1 aromatic heterocycles. The Morgan fingerprint density at radius 3 is 3.09 bits per heavy atom. The number of aromatic nitrogens is 1. The van der Waals surface area contributed by atoms with Crippen molar-refractivity contribution in [1.29, 1.82) is 0 Å². The van der Waals surface area contributed by atoms with E-state index < -0.39 is 0 Å². The molecular weight excluding hydrogens is 158 g/mol. The third-order valence-electron chi connectivity index (χ3n) is 1.30. The number of hydrogen-bond acceptors (Lipinski definition) is 3. The van der Waals surface area contributed by atoms with Gasteiger partial charge in [-0.05, 0) is 11.8 Å². The predicted molar refractivity (Wildman–Crippen MR) is 46.6 cm³/mol. The molecule has 0 fully saturated rings. The van der Waals surface area contributed by atoms with E-state index in [-0.39, 0.29) is 6.61 Å². The van der Waals surface area contributed by atoms with Crippen molar-refractivity contribution >= 4 is 11.8 Å². The molecule has 0 unspecified atom stereocenters. The van der Waals surface area contributed by atoms with Gasteiger partial charge in [0.2, 0.25) is 0 Å². The quantitative estimate of drug-likeness (QED) is 0.699. The van der Waals surface area contributed by atoms with Crippen LogP contribution in [-0.4, -0.2) is 15.8 Å². The fourth-order valence-corrected chi connectivity index (χ4v) is 1.54. The van der Waals surface area contributed by atoms with Crippen molar-refractivity contribution in [3.8, 4) is 0 Å². The van der Waals surface area contributed by atoms with E-state index in [2.05, 4.69) is 11.9 Å². The van der Waals surface area contributed by atoms with Gasteiger partial charge in [0.25, 0.3) is 0 Å². The summed E-state index contributed by atoms with van der Waals surface area (Å²) < 4.78 is 0. The Balaban J connectivity index is 2.83. The molecule has 0 aliphatic rings. The maximum absolute atomic E-state index is 8.89. The molecule has 0 amide bonds. The van der Waals surface area contributed by atoms with Gasteiger partial charge in [-0.25, -0.2) is 4.98 Å². The van der Waals surface area contributed by atoms with Crippen LogP contribution in [0.3, 0.4) is 0 Å². The Labute approximate surface area is 70.7 Å². The third kappa shape index (κ3) is 2.20. The van der Waals surface area contributed by atoms with Crippen molar-refractivity contribution in [3.63, 3.8) is 0 Å². The van der Waals surface area contributed by atoms with Gasteiger partial charge in [0, 0.05) is 11.8 Å². The zero-order valence-corrected chi connectivity index (χ0v) is 7.27. The van der Waals surface area contributed by atoms with Gasteiger partial charge in [-0.3, -0.25) is 0 Å². The van der Waals surface area contributed by atoms with Crippen molar-refractivity contribution in [3.05, 3.63) is 23.9 Å². The van der Waals surface area contributed by atoms with E-state index in [1.54, 1.807) is 18.0 Å². The van der Waals surface area contributed by atoms with Crippen LogP contribution >= 0.6 is 11.8 Å². The lowest BCUT2D eigenvalue weighted by atomic mass is 10.3. The van der Waals surface area contributed by atoms with E-state index in [0.29, 0.717) is 0 Å². The summed E-state index contributed by atoms with van der Waals surface area (Å²) in [4.78, 5) is 4.14. The molecule has 0 radical (unpaired) electrons. The molecule has 0 saturated heterocycles. The van der Waals surface area contributed by atoms with E-state index in [1.807, 2.05) is 12.1 Å². The number of nitrogens with zero attached hydrogens (tertiary/aromatic N) is 1. The Morgan fingerprint density at radius 2 is 2.45 bits per heavy atom. The molecule has 1 heterocycles. The second-order valence-electron chi connectivity index (χ2n) is 2.06. The number of aliphatic hydroxyl groups excluding tert-OH is 1. The fraction of sp³-hybridized carbons (Fsp3) is 0.375. The molecule has 0 bridgehead atoms. The highest BCUT2D eigenvalue weighted by Gasteiger charge is 1.99. The molecule has 0 aliphatic carbocycles. The summed E-state index contributed by atoms with van der Waals surface area (Å²) in [6.07, 6.45) is 1.75. The Morgan fingerprint density at radius 1 is 1.64 bits per heavy atom. The van der Waals surface area contributed by atoms with Crippen molar-refractivity contribution < 1.29 is 5.11 Å². The van der Waals surface area contributed by atoms with E-state index in [0.717, 1.165) is 16.3 Å². The number of pyridine rings is 1. The molecule has 2 nitrogen and oxygen atoms in total. The van der Waals surface area contributed by atoms with Gasteiger partial charge in [0.1, 0.15) is 5.03 Å². The van der Waals surface area contributed by atoms with Crippen LogP contribution in [0.25, 0.3) is 0 Å². The second kappa shape index (κ2) is 4.36. The first-order valence-electron chi connectivity index (χ1n) is 3.56. The van der Waals surface area contributed by atoms with Crippen molar-refractivity contribution in [2.24, 2.45) is 0 Å². The molecule has 60 valence electrons. The van der Waals surface area contributed by atoms with Gasteiger partial charge in [-0.15, -0.1) is 11.8 Å². The average Bonchev–Trinajstić information content (AvgIpc) is 2.06. The lowest BCUT2D eigenvalue weighted by Gasteiger charge is -2.02. The maximum atomic E-state index is 8.89. The smallest absolute Gasteiger partial charge is 0.101 e. The van der Waals surface area contributed by atoms with E-state index in [4.69, 9.17) is 5.11 Å². The molecule has 1 N–H and O–H groups in total. The summed E-state index contributed by atoms with van der Waals surface area (Å²) >= 11 is 1.66. The van der Waals surface area contributed by atoms with Crippen LogP contribution in [0.2, 0.25) is 0 Å². The minimum Gasteiger partial charge on any atom is -0.392 e. The highest BCUT2D eigenvalue weighted by Crippen LogP contribution is 2.18. The van der Waals surface area contributed by atoms with Gasteiger partial charge in [0.05, 0.1) is 6.61 Å². The van der Waals surface area contributed by atoms with Crippen molar-refractivity contribution in [2.75, 3.05) is 5.75 Å². The van der Waals surface area contributed by atoms with Crippen LogP contribution in [-0.2, 0) is 6.61 Å². The van der Waals surface area contributed by atoms with E-state index in [1.165, 1.54) is 0 Å². The Hall–Kier alpha value is -0.540. The topological polar surface area (TPSA) is 33.1 Å². The fourth-order valence-electron chi connectivity index (χ4n) is 0.811. The van der Waals surface area contributed by atoms with Gasteiger partial charge in [-0.1, -0.05) is 13.0 Å². The molecule has 0 aliphatic heterocycles. The SMILES string of the molecule is CCSc1ncccc1CO. The summed E-state index contributed by atoms with van der Waals surface area (Å²) in [7, 11) is 0. The van der Waals surface area contributed by atoms with Gasteiger partial charge < -0.3 is 5.11 Å². The lowest BCUT2D eigenvalue weighted by Crippen LogP contribution is -1.89. The predicted octanol–water partition coefficient (Wildman–Crippen LogP) is 1.69. The van der Waals surface area contributed by atoms with Crippen LogP contribution in [0, 0.1) is 0 Å². The molecule has 0 atom stereocenters. The molecular formula is C8H11NOS. The largest absolute Gasteiger partial charge is 0.392 e. The molecule has 0 spiro atoms. The molecule has 3 heteroatoms. The zero-order chi connectivity index (χ0) is 8.10. The van der Waals surface area contributed by atoms with Crippen LogP contribution in [0.5, 0.6) is 0 Å². The third-order valence-corrected chi connectivity index (χ3v) is 2.23. The van der Waals surface area contributed by atoms with Gasteiger partial charge in [-0.2, -0.15) is 0 Å². The van der Waals surface area contributed by atoms with E-state index >= 15 is 0 Å². The molecule has 1 aromatic rings. The highest BCUT2D eigenvalue weighted by atomic mass is 32.2. The second-order valence-corrected chi connectivity index (χ2v) is 3.31. The highest BCUT2D eigenvalue weighted by molar-refractivity contribution is 7.99. The first-order valence-corrected chi connectivity index (χ1v) is 4.54. The van der Waals surface area contributed by atoms with Gasteiger partial charge >= 0.3 is 0 Å². The Bertz CT molecular complexity index is 227. The zero-order valence-electron chi connectivity index (χ0n) is 6.45. The van der Waals surface area contributed by atoms with Crippen LogP contribution in [0.1, 0.15) is 12.5 Å². The summed E-state index contributed by atoms with van der Waals surface area (Å²) in [5.74, 6) is 0.990. The first-order chi connectivity index (χ1) is 5.38. The van der Waals surface area contributed by atoms with Crippen molar-refractivity contribution in [1.82, 2.24) is 4.98 Å². The minimum absolute atomic E-state index is 0.0795. The Kier molecular flexibility index (Phi) is 3.39. The van der Waals surface area contributed by atoms with E-state index in [9.17, 15) is 0 Å². The van der Waals surface area contributed by atoms with Crippen LogP contribution in [0.15, 0.2) is 23.4 Å². The standard InChI is InChI=1S/C8H11NOS/c1-2-11-8-7(6-10)4-3-5-9-8/h3-5,10H,2,6H2,1H3. The van der Waals surface area contributed by atoms with Crippen LogP contribution < -0.4 is 0 Å². The summed E-state index contributed by atoms with van der Waals surface area (Å²) in [6, 6.07) is 3.73. The van der Waals surface area contributed by atoms with Crippen molar-refractivity contribution in [2.45, 2.75) is 18.6 Å². The molecule has 0 aromatic carbocycles.